The first-order valence-electron chi connectivity index (χ1n) is 8.25. The van der Waals surface area contributed by atoms with Gasteiger partial charge >= 0.3 is 6.18 Å². The summed E-state index contributed by atoms with van der Waals surface area (Å²) in [5.74, 6) is -0.304. The first kappa shape index (κ1) is 21.6. The Kier molecular flexibility index (Phi) is 7.74. The van der Waals surface area contributed by atoms with Gasteiger partial charge in [-0.1, -0.05) is 17.7 Å². The number of anilines is 2. The summed E-state index contributed by atoms with van der Waals surface area (Å²) in [6.07, 6.45) is -4.41. The van der Waals surface area contributed by atoms with Gasteiger partial charge in [0.2, 0.25) is 11.8 Å². The normalized spacial score (nSPS) is 11.0. The SMILES string of the molecule is Cc1ccc(NC(=O)CSCC(=O)Nc2ccc(OCC(F)(F)F)cc2)cc1. The molecule has 0 atom stereocenters. The van der Waals surface area contributed by atoms with Gasteiger partial charge in [-0.25, -0.2) is 0 Å². The summed E-state index contributed by atoms with van der Waals surface area (Å²) in [6.45, 7) is 0.573. The number of nitrogens with one attached hydrogen (secondary N) is 2. The fraction of sp³-hybridized carbons (Fsp3) is 0.263. The van der Waals surface area contributed by atoms with E-state index in [1.807, 2.05) is 19.1 Å². The van der Waals surface area contributed by atoms with Crippen molar-refractivity contribution in [2.75, 3.05) is 28.7 Å². The Morgan fingerprint density at radius 1 is 0.893 bits per heavy atom. The van der Waals surface area contributed by atoms with Gasteiger partial charge in [-0.3, -0.25) is 9.59 Å². The maximum absolute atomic E-state index is 12.1. The van der Waals surface area contributed by atoms with E-state index in [0.717, 1.165) is 17.3 Å². The van der Waals surface area contributed by atoms with Crippen molar-refractivity contribution in [3.05, 3.63) is 54.1 Å². The number of hydrogen-bond acceptors (Lipinski definition) is 4. The highest BCUT2D eigenvalue weighted by molar-refractivity contribution is 8.00. The average molecular weight is 412 g/mol. The number of benzene rings is 2. The Morgan fingerprint density at radius 3 is 1.82 bits per heavy atom. The van der Waals surface area contributed by atoms with Crippen LogP contribution in [0, 0.1) is 6.92 Å². The van der Waals surface area contributed by atoms with E-state index in [0.29, 0.717) is 11.4 Å². The van der Waals surface area contributed by atoms with Crippen LogP contribution in [0.15, 0.2) is 48.5 Å². The molecule has 0 saturated carbocycles. The van der Waals surface area contributed by atoms with E-state index in [-0.39, 0.29) is 29.1 Å². The van der Waals surface area contributed by atoms with Crippen molar-refractivity contribution < 1.29 is 27.5 Å². The number of thioether (sulfide) groups is 1. The second kappa shape index (κ2) is 10.0. The number of halogens is 3. The Bertz CT molecular complexity index is 794. The van der Waals surface area contributed by atoms with Gasteiger partial charge in [-0.15, -0.1) is 11.8 Å². The minimum Gasteiger partial charge on any atom is -0.484 e. The molecule has 0 unspecified atom stereocenters. The van der Waals surface area contributed by atoms with Crippen LogP contribution in [0.3, 0.4) is 0 Å². The van der Waals surface area contributed by atoms with Crippen molar-refractivity contribution in [3.63, 3.8) is 0 Å². The van der Waals surface area contributed by atoms with E-state index in [1.54, 1.807) is 12.1 Å². The standard InChI is InChI=1S/C19H19F3N2O3S/c1-13-2-4-14(5-3-13)23-17(25)10-28-11-18(26)24-15-6-8-16(9-7-15)27-12-19(20,21)22/h2-9H,10-12H2,1H3,(H,23,25)(H,24,26). The molecule has 9 heteroatoms. The summed E-state index contributed by atoms with van der Waals surface area (Å²) < 4.78 is 40.9. The van der Waals surface area contributed by atoms with Crippen molar-refractivity contribution in [1.29, 1.82) is 0 Å². The van der Waals surface area contributed by atoms with Gasteiger partial charge in [-0.05, 0) is 43.3 Å². The molecule has 2 rings (SSSR count). The quantitative estimate of drug-likeness (QED) is 0.680. The van der Waals surface area contributed by atoms with Crippen LogP contribution in [-0.2, 0) is 9.59 Å². The molecule has 0 aromatic heterocycles. The zero-order valence-electron chi connectivity index (χ0n) is 15.0. The lowest BCUT2D eigenvalue weighted by atomic mass is 10.2. The van der Waals surface area contributed by atoms with Gasteiger partial charge in [0.05, 0.1) is 11.5 Å². The molecular weight excluding hydrogens is 393 g/mol. The maximum Gasteiger partial charge on any atom is 0.422 e. The zero-order chi connectivity index (χ0) is 20.6. The first-order chi connectivity index (χ1) is 13.2. The van der Waals surface area contributed by atoms with E-state index in [4.69, 9.17) is 0 Å². The van der Waals surface area contributed by atoms with Crippen molar-refractivity contribution >= 4 is 35.0 Å². The summed E-state index contributed by atoms with van der Waals surface area (Å²) in [6, 6.07) is 12.9. The van der Waals surface area contributed by atoms with Crippen LogP contribution in [0.25, 0.3) is 0 Å². The molecule has 0 bridgehead atoms. The number of carbonyl (C=O) groups is 2. The number of aryl methyl sites for hydroxylation is 1. The Labute approximate surface area is 164 Å². The van der Waals surface area contributed by atoms with Crippen LogP contribution < -0.4 is 15.4 Å². The predicted molar refractivity (Wildman–Crippen MR) is 104 cm³/mol. The maximum atomic E-state index is 12.1. The molecule has 0 fully saturated rings. The van der Waals surface area contributed by atoms with Crippen LogP contribution in [0.5, 0.6) is 5.75 Å². The zero-order valence-corrected chi connectivity index (χ0v) is 15.8. The van der Waals surface area contributed by atoms with Crippen molar-refractivity contribution in [2.24, 2.45) is 0 Å². The van der Waals surface area contributed by atoms with Crippen LogP contribution in [0.1, 0.15) is 5.56 Å². The minimum absolute atomic E-state index is 0.0532. The first-order valence-corrected chi connectivity index (χ1v) is 9.40. The lowest BCUT2D eigenvalue weighted by Gasteiger charge is -2.10. The van der Waals surface area contributed by atoms with E-state index in [2.05, 4.69) is 15.4 Å². The molecular formula is C19H19F3N2O3S. The molecule has 0 radical (unpaired) electrons. The van der Waals surface area contributed by atoms with E-state index < -0.39 is 12.8 Å². The largest absolute Gasteiger partial charge is 0.484 e. The summed E-state index contributed by atoms with van der Waals surface area (Å²) in [4.78, 5) is 23.7. The highest BCUT2D eigenvalue weighted by Gasteiger charge is 2.28. The van der Waals surface area contributed by atoms with Crippen LogP contribution in [-0.4, -0.2) is 36.1 Å². The third kappa shape index (κ3) is 8.34. The van der Waals surface area contributed by atoms with E-state index in [1.165, 1.54) is 24.3 Å². The molecule has 0 saturated heterocycles. The Morgan fingerprint density at radius 2 is 1.36 bits per heavy atom. The van der Waals surface area contributed by atoms with Crippen molar-refractivity contribution in [1.82, 2.24) is 0 Å². The lowest BCUT2D eigenvalue weighted by Crippen LogP contribution is -2.19. The summed E-state index contributed by atoms with van der Waals surface area (Å²) in [5.41, 5.74) is 2.20. The predicted octanol–water partition coefficient (Wildman–Crippen LogP) is 4.25. The smallest absolute Gasteiger partial charge is 0.422 e. The van der Waals surface area contributed by atoms with Gasteiger partial charge in [-0.2, -0.15) is 13.2 Å². The molecule has 150 valence electrons. The van der Waals surface area contributed by atoms with E-state index >= 15 is 0 Å². The third-order valence-corrected chi connectivity index (χ3v) is 4.27. The van der Waals surface area contributed by atoms with Gasteiger partial charge in [0.1, 0.15) is 5.75 Å². The number of hydrogen-bond donors (Lipinski definition) is 2. The molecule has 2 aromatic rings. The number of amides is 2. The number of alkyl halides is 3. The highest BCUT2D eigenvalue weighted by atomic mass is 32.2. The Hall–Kier alpha value is -2.68. The fourth-order valence-corrected chi connectivity index (χ4v) is 2.68. The van der Waals surface area contributed by atoms with Crippen LogP contribution in [0.2, 0.25) is 0 Å². The molecule has 0 spiro atoms. The van der Waals surface area contributed by atoms with Gasteiger partial charge in [0.15, 0.2) is 6.61 Å². The number of rotatable bonds is 8. The van der Waals surface area contributed by atoms with Gasteiger partial charge < -0.3 is 15.4 Å². The van der Waals surface area contributed by atoms with Gasteiger partial charge in [0, 0.05) is 11.4 Å². The molecule has 0 aliphatic carbocycles. The molecule has 0 heterocycles. The minimum atomic E-state index is -4.41. The van der Waals surface area contributed by atoms with E-state index in [9.17, 15) is 22.8 Å². The third-order valence-electron chi connectivity index (χ3n) is 3.34. The van der Waals surface area contributed by atoms with Gasteiger partial charge in [0.25, 0.3) is 0 Å². The summed E-state index contributed by atoms with van der Waals surface area (Å²) >= 11 is 1.15. The Balaban J connectivity index is 1.69. The van der Waals surface area contributed by atoms with Crippen molar-refractivity contribution in [2.45, 2.75) is 13.1 Å². The molecule has 28 heavy (non-hydrogen) atoms. The van der Waals surface area contributed by atoms with Crippen molar-refractivity contribution in [3.8, 4) is 5.75 Å². The fourth-order valence-electron chi connectivity index (χ4n) is 2.07. The monoisotopic (exact) mass is 412 g/mol. The summed E-state index contributed by atoms with van der Waals surface area (Å²) in [5, 5.41) is 5.34. The molecule has 0 aliphatic rings. The number of ether oxygens (including phenoxy) is 1. The highest BCUT2D eigenvalue weighted by Crippen LogP contribution is 2.20. The molecule has 0 aliphatic heterocycles. The second-order valence-corrected chi connectivity index (χ2v) is 6.87. The van der Waals surface area contributed by atoms with Crippen LogP contribution >= 0.6 is 11.8 Å². The molecule has 5 nitrogen and oxygen atoms in total. The molecule has 2 aromatic carbocycles. The lowest BCUT2D eigenvalue weighted by molar-refractivity contribution is -0.153. The second-order valence-electron chi connectivity index (χ2n) is 5.88. The van der Waals surface area contributed by atoms with Crippen LogP contribution in [0.4, 0.5) is 24.5 Å². The number of carbonyl (C=O) groups excluding carboxylic acids is 2. The topological polar surface area (TPSA) is 67.4 Å². The molecule has 2 N–H and O–H groups in total. The molecule has 2 amide bonds. The summed E-state index contributed by atoms with van der Waals surface area (Å²) in [7, 11) is 0. The average Bonchev–Trinajstić information content (AvgIpc) is 2.62.